The summed E-state index contributed by atoms with van der Waals surface area (Å²) in [6.45, 7) is 5.69. The Morgan fingerprint density at radius 2 is 1.89 bits per heavy atom. The predicted octanol–water partition coefficient (Wildman–Crippen LogP) is 2.68. The SMILES string of the molecule is CN(CCOc1ccc(F)cc1F)C1CCCc2ccc(N3CCN(CC(=O)N4CC(O)C4)CC3)cc21. The van der Waals surface area contributed by atoms with Crippen molar-refractivity contribution in [2.75, 3.05) is 70.9 Å². The number of anilines is 1. The van der Waals surface area contributed by atoms with E-state index >= 15 is 0 Å². The Balaban J connectivity index is 1.16. The number of likely N-dealkylation sites (N-methyl/N-ethyl adjacent to an activating group) is 1. The molecular formula is C28H36F2N4O3. The molecule has 0 aromatic heterocycles. The number of aryl methyl sites for hydroxylation is 1. The number of rotatable bonds is 8. The van der Waals surface area contributed by atoms with Gasteiger partial charge in [-0.05, 0) is 61.7 Å². The Labute approximate surface area is 217 Å². The predicted molar refractivity (Wildman–Crippen MR) is 138 cm³/mol. The Hall–Kier alpha value is -2.75. The van der Waals surface area contributed by atoms with E-state index in [9.17, 15) is 18.7 Å². The number of piperazine rings is 1. The zero-order valence-corrected chi connectivity index (χ0v) is 21.4. The van der Waals surface area contributed by atoms with E-state index in [0.717, 1.165) is 51.5 Å². The molecule has 1 N–H and O–H groups in total. The van der Waals surface area contributed by atoms with Gasteiger partial charge in [0.25, 0.3) is 0 Å². The molecule has 2 saturated heterocycles. The first kappa shape index (κ1) is 25.9. The number of β-amino-alcohol motifs (C(OH)–C–C–N with tert-alkyl or cyclic N) is 1. The van der Waals surface area contributed by atoms with Crippen molar-refractivity contribution in [1.82, 2.24) is 14.7 Å². The molecule has 9 heteroatoms. The smallest absolute Gasteiger partial charge is 0.236 e. The van der Waals surface area contributed by atoms with E-state index in [1.807, 2.05) is 0 Å². The topological polar surface area (TPSA) is 59.5 Å². The third-order valence-electron chi connectivity index (χ3n) is 7.85. The van der Waals surface area contributed by atoms with Crippen LogP contribution < -0.4 is 9.64 Å². The summed E-state index contributed by atoms with van der Waals surface area (Å²) in [6, 6.07) is 10.4. The molecular weight excluding hydrogens is 478 g/mol. The lowest BCUT2D eigenvalue weighted by atomic mass is 9.86. The van der Waals surface area contributed by atoms with Crippen LogP contribution in [0.5, 0.6) is 5.75 Å². The minimum absolute atomic E-state index is 0.0736. The molecule has 2 aliphatic heterocycles. The number of aliphatic hydroxyl groups is 1. The first-order valence-corrected chi connectivity index (χ1v) is 13.2. The molecule has 0 saturated carbocycles. The highest BCUT2D eigenvalue weighted by molar-refractivity contribution is 5.79. The van der Waals surface area contributed by atoms with Crippen LogP contribution in [0.2, 0.25) is 0 Å². The standard InChI is InChI=1S/C28H36F2N4O3/c1-31(13-14-37-27-8-6-21(29)15-25(27)30)26-4-2-3-20-5-7-22(16-24(20)26)33-11-9-32(10-12-33)19-28(36)34-17-23(35)18-34/h5-8,15-16,23,26,35H,2-4,9-14,17-19H2,1H3. The van der Waals surface area contributed by atoms with E-state index in [0.29, 0.717) is 32.8 Å². The van der Waals surface area contributed by atoms with Gasteiger partial charge in [0.05, 0.1) is 12.6 Å². The van der Waals surface area contributed by atoms with Gasteiger partial charge in [-0.3, -0.25) is 14.6 Å². The fraction of sp³-hybridized carbons (Fsp3) is 0.536. The average molecular weight is 515 g/mol. The Bertz CT molecular complexity index is 1100. The first-order chi connectivity index (χ1) is 17.9. The van der Waals surface area contributed by atoms with Crippen molar-refractivity contribution in [3.8, 4) is 5.75 Å². The monoisotopic (exact) mass is 514 g/mol. The van der Waals surface area contributed by atoms with Crippen LogP contribution in [0.3, 0.4) is 0 Å². The van der Waals surface area contributed by atoms with Crippen LogP contribution in [0.1, 0.15) is 30.0 Å². The minimum atomic E-state index is -0.681. The summed E-state index contributed by atoms with van der Waals surface area (Å²) < 4.78 is 32.6. The third-order valence-corrected chi connectivity index (χ3v) is 7.85. The Kier molecular flexibility index (Phi) is 7.92. The lowest BCUT2D eigenvalue weighted by Crippen LogP contribution is -2.57. The van der Waals surface area contributed by atoms with E-state index in [4.69, 9.17) is 4.74 Å². The Morgan fingerprint density at radius 3 is 2.62 bits per heavy atom. The quantitative estimate of drug-likeness (QED) is 0.585. The van der Waals surface area contributed by atoms with E-state index in [1.54, 1.807) is 4.90 Å². The molecule has 1 unspecified atom stereocenters. The summed E-state index contributed by atoms with van der Waals surface area (Å²) in [6.07, 6.45) is 2.88. The molecule has 7 nitrogen and oxygen atoms in total. The van der Waals surface area contributed by atoms with Crippen LogP contribution in [0.15, 0.2) is 36.4 Å². The van der Waals surface area contributed by atoms with E-state index in [2.05, 4.69) is 39.9 Å². The second-order valence-corrected chi connectivity index (χ2v) is 10.4. The van der Waals surface area contributed by atoms with Gasteiger partial charge < -0.3 is 19.6 Å². The van der Waals surface area contributed by atoms with E-state index in [-0.39, 0.29) is 23.8 Å². The highest BCUT2D eigenvalue weighted by atomic mass is 19.1. The molecule has 0 bridgehead atoms. The van der Waals surface area contributed by atoms with Crippen LogP contribution in [0.25, 0.3) is 0 Å². The van der Waals surface area contributed by atoms with Crippen LogP contribution in [-0.2, 0) is 11.2 Å². The van der Waals surface area contributed by atoms with Crippen LogP contribution in [-0.4, -0.2) is 97.8 Å². The van der Waals surface area contributed by atoms with Crippen LogP contribution in [0, 0.1) is 11.6 Å². The third kappa shape index (κ3) is 6.05. The van der Waals surface area contributed by atoms with Crippen molar-refractivity contribution >= 4 is 11.6 Å². The molecule has 1 amide bonds. The largest absolute Gasteiger partial charge is 0.489 e. The summed E-state index contributed by atoms with van der Waals surface area (Å²) in [7, 11) is 2.07. The number of hydrogen-bond acceptors (Lipinski definition) is 6. The maximum atomic E-state index is 13.9. The zero-order valence-electron chi connectivity index (χ0n) is 21.4. The van der Waals surface area contributed by atoms with Crippen molar-refractivity contribution < 1.29 is 23.4 Å². The first-order valence-electron chi connectivity index (χ1n) is 13.2. The number of likely N-dealkylation sites (tertiary alicyclic amines) is 1. The van der Waals surface area contributed by atoms with Crippen LogP contribution >= 0.6 is 0 Å². The minimum Gasteiger partial charge on any atom is -0.489 e. The zero-order chi connectivity index (χ0) is 25.9. The second-order valence-electron chi connectivity index (χ2n) is 10.4. The maximum Gasteiger partial charge on any atom is 0.236 e. The van der Waals surface area contributed by atoms with Gasteiger partial charge in [-0.25, -0.2) is 8.78 Å². The number of carbonyl (C=O) groups excluding carboxylic acids is 1. The lowest BCUT2D eigenvalue weighted by Gasteiger charge is -2.40. The molecule has 3 aliphatic rings. The molecule has 37 heavy (non-hydrogen) atoms. The van der Waals surface area contributed by atoms with E-state index < -0.39 is 11.6 Å². The van der Waals surface area contributed by atoms with Gasteiger partial charge >= 0.3 is 0 Å². The molecule has 200 valence electrons. The van der Waals surface area contributed by atoms with Crippen molar-refractivity contribution in [3.63, 3.8) is 0 Å². The van der Waals surface area contributed by atoms with Crippen molar-refractivity contribution in [2.45, 2.75) is 31.4 Å². The Morgan fingerprint density at radius 1 is 1.11 bits per heavy atom. The fourth-order valence-corrected chi connectivity index (χ4v) is 5.58. The number of amides is 1. The van der Waals surface area contributed by atoms with Gasteiger partial charge in [-0.15, -0.1) is 0 Å². The molecule has 5 rings (SSSR count). The normalized spacial score (nSPS) is 20.6. The number of carbonyl (C=O) groups is 1. The molecule has 2 aromatic carbocycles. The van der Waals surface area contributed by atoms with Crippen molar-refractivity contribution in [1.29, 1.82) is 0 Å². The number of aliphatic hydroxyl groups excluding tert-OH is 1. The number of halogens is 2. The van der Waals surface area contributed by atoms with Gasteiger partial charge in [-0.2, -0.15) is 0 Å². The number of ether oxygens (including phenoxy) is 1. The van der Waals surface area contributed by atoms with Crippen molar-refractivity contribution in [3.05, 3.63) is 59.2 Å². The number of hydrogen-bond donors (Lipinski definition) is 1. The molecule has 0 spiro atoms. The van der Waals surface area contributed by atoms with Gasteiger partial charge in [0.15, 0.2) is 11.6 Å². The highest BCUT2D eigenvalue weighted by Crippen LogP contribution is 2.36. The summed E-state index contributed by atoms with van der Waals surface area (Å²) >= 11 is 0. The molecule has 1 atom stereocenters. The molecule has 2 heterocycles. The molecule has 2 aromatic rings. The number of fused-ring (bicyclic) bond motifs is 1. The highest BCUT2D eigenvalue weighted by Gasteiger charge is 2.31. The van der Waals surface area contributed by atoms with Gasteiger partial charge in [-0.1, -0.05) is 6.07 Å². The molecule has 2 fully saturated rings. The van der Waals surface area contributed by atoms with Crippen LogP contribution in [0.4, 0.5) is 14.5 Å². The number of benzene rings is 2. The number of nitrogens with zero attached hydrogens (tertiary/aromatic N) is 4. The summed E-state index contributed by atoms with van der Waals surface area (Å²) in [5.74, 6) is -1.12. The lowest BCUT2D eigenvalue weighted by molar-refractivity contribution is -0.142. The van der Waals surface area contributed by atoms with E-state index in [1.165, 1.54) is 28.9 Å². The van der Waals surface area contributed by atoms with Gasteiger partial charge in [0.2, 0.25) is 5.91 Å². The van der Waals surface area contributed by atoms with Gasteiger partial charge in [0.1, 0.15) is 12.4 Å². The summed E-state index contributed by atoms with van der Waals surface area (Å²) in [5, 5.41) is 9.43. The average Bonchev–Trinajstić information content (AvgIpc) is 2.87. The summed E-state index contributed by atoms with van der Waals surface area (Å²) in [5.41, 5.74) is 3.92. The van der Waals surface area contributed by atoms with Crippen molar-refractivity contribution in [2.24, 2.45) is 0 Å². The summed E-state index contributed by atoms with van der Waals surface area (Å²) in [4.78, 5) is 20.9. The molecule has 1 aliphatic carbocycles. The van der Waals surface area contributed by atoms with Gasteiger partial charge in [0, 0.05) is 63.6 Å². The molecule has 0 radical (unpaired) electrons. The maximum absolute atomic E-state index is 13.9. The second kappa shape index (κ2) is 11.3. The fourth-order valence-electron chi connectivity index (χ4n) is 5.58.